The number of hydrogen-bond acceptors (Lipinski definition) is 3. The number of amides is 2. The third-order valence-electron chi connectivity index (χ3n) is 5.45. The Bertz CT molecular complexity index is 886. The van der Waals surface area contributed by atoms with Gasteiger partial charge in [0.1, 0.15) is 5.75 Å². The number of hydrogen-bond donors (Lipinski definition) is 0. The maximum atomic E-state index is 13.1. The molecule has 0 aromatic heterocycles. The van der Waals surface area contributed by atoms with E-state index in [4.69, 9.17) is 4.74 Å². The zero-order chi connectivity index (χ0) is 19.7. The number of likely N-dealkylation sites (tertiary alicyclic amines) is 1. The molecule has 2 aliphatic heterocycles. The molecule has 1 fully saturated rings. The Balaban J connectivity index is 1.69. The standard InChI is InChI=1S/C23H26N2O3/c1-23(2)22(27)25(16-17-9-5-3-6-10-17)19-15-18(11-12-20(19)28-23)21(26)24-13-7-4-8-14-24/h3,5-6,9-12,15H,4,7-8,13-14,16H2,1-2H3. The number of carbonyl (C=O) groups is 2. The van der Waals surface area contributed by atoms with Gasteiger partial charge < -0.3 is 14.5 Å². The quantitative estimate of drug-likeness (QED) is 0.811. The molecule has 2 aromatic carbocycles. The Morgan fingerprint density at radius 3 is 2.46 bits per heavy atom. The third kappa shape index (κ3) is 3.49. The lowest BCUT2D eigenvalue weighted by atomic mass is 10.0. The SMILES string of the molecule is CC1(C)Oc2ccc(C(=O)N3CCCCC3)cc2N(Cc2ccccc2)C1=O. The largest absolute Gasteiger partial charge is 0.476 e. The summed E-state index contributed by atoms with van der Waals surface area (Å²) in [4.78, 5) is 29.7. The number of fused-ring (bicyclic) bond motifs is 1. The number of benzene rings is 2. The van der Waals surface area contributed by atoms with Crippen LogP contribution in [-0.2, 0) is 11.3 Å². The molecule has 0 spiro atoms. The van der Waals surface area contributed by atoms with E-state index in [1.54, 1.807) is 18.7 Å². The predicted molar refractivity (Wildman–Crippen MR) is 109 cm³/mol. The van der Waals surface area contributed by atoms with Crippen LogP contribution in [-0.4, -0.2) is 35.4 Å². The smallest absolute Gasteiger partial charge is 0.271 e. The minimum Gasteiger partial charge on any atom is -0.476 e. The van der Waals surface area contributed by atoms with Crippen LogP contribution in [0.25, 0.3) is 0 Å². The van der Waals surface area contributed by atoms with Crippen molar-refractivity contribution in [3.8, 4) is 5.75 Å². The molecular formula is C23H26N2O3. The zero-order valence-corrected chi connectivity index (χ0v) is 16.5. The van der Waals surface area contributed by atoms with E-state index in [0.29, 0.717) is 23.5 Å². The molecule has 4 rings (SSSR count). The number of nitrogens with zero attached hydrogens (tertiary/aromatic N) is 2. The first-order valence-corrected chi connectivity index (χ1v) is 9.94. The third-order valence-corrected chi connectivity index (χ3v) is 5.45. The summed E-state index contributed by atoms with van der Waals surface area (Å²) < 4.78 is 5.96. The number of piperidine rings is 1. The van der Waals surface area contributed by atoms with E-state index in [0.717, 1.165) is 31.5 Å². The number of rotatable bonds is 3. The van der Waals surface area contributed by atoms with Gasteiger partial charge in [-0.2, -0.15) is 0 Å². The van der Waals surface area contributed by atoms with Gasteiger partial charge in [-0.05, 0) is 56.9 Å². The molecule has 0 N–H and O–H groups in total. The fraction of sp³-hybridized carbons (Fsp3) is 0.391. The van der Waals surface area contributed by atoms with Crippen LogP contribution in [0.4, 0.5) is 5.69 Å². The van der Waals surface area contributed by atoms with Crippen molar-refractivity contribution in [2.24, 2.45) is 0 Å². The van der Waals surface area contributed by atoms with Crippen molar-refractivity contribution in [1.29, 1.82) is 0 Å². The topological polar surface area (TPSA) is 49.9 Å². The molecule has 146 valence electrons. The molecule has 1 saturated heterocycles. The molecular weight excluding hydrogens is 352 g/mol. The molecule has 0 unspecified atom stereocenters. The Hall–Kier alpha value is -2.82. The van der Waals surface area contributed by atoms with Gasteiger partial charge in [-0.15, -0.1) is 0 Å². The Morgan fingerprint density at radius 1 is 1.04 bits per heavy atom. The first-order chi connectivity index (χ1) is 13.5. The van der Waals surface area contributed by atoms with E-state index in [-0.39, 0.29) is 11.8 Å². The van der Waals surface area contributed by atoms with Gasteiger partial charge in [-0.3, -0.25) is 9.59 Å². The molecule has 2 aromatic rings. The molecule has 5 nitrogen and oxygen atoms in total. The maximum absolute atomic E-state index is 13.1. The monoisotopic (exact) mass is 378 g/mol. The fourth-order valence-electron chi connectivity index (χ4n) is 3.90. The van der Waals surface area contributed by atoms with Gasteiger partial charge in [-0.1, -0.05) is 30.3 Å². The van der Waals surface area contributed by atoms with E-state index in [1.165, 1.54) is 6.42 Å². The minimum atomic E-state index is -0.944. The van der Waals surface area contributed by atoms with Crippen LogP contribution in [0.5, 0.6) is 5.75 Å². The molecule has 28 heavy (non-hydrogen) atoms. The van der Waals surface area contributed by atoms with Crippen LogP contribution in [0, 0.1) is 0 Å². The average Bonchev–Trinajstić information content (AvgIpc) is 2.72. The van der Waals surface area contributed by atoms with Gasteiger partial charge in [0.15, 0.2) is 5.60 Å². The van der Waals surface area contributed by atoms with Crippen molar-refractivity contribution in [2.75, 3.05) is 18.0 Å². The van der Waals surface area contributed by atoms with Gasteiger partial charge in [0.05, 0.1) is 12.2 Å². The number of carbonyl (C=O) groups excluding carboxylic acids is 2. The second kappa shape index (κ2) is 7.30. The number of anilines is 1. The maximum Gasteiger partial charge on any atom is 0.271 e. The molecule has 0 aliphatic carbocycles. The Kier molecular flexibility index (Phi) is 4.84. The van der Waals surface area contributed by atoms with Crippen LogP contribution >= 0.6 is 0 Å². The Labute approximate surface area is 165 Å². The van der Waals surface area contributed by atoms with Gasteiger partial charge in [0.25, 0.3) is 11.8 Å². The van der Waals surface area contributed by atoms with Gasteiger partial charge in [0.2, 0.25) is 0 Å². The summed E-state index contributed by atoms with van der Waals surface area (Å²) in [5, 5.41) is 0. The van der Waals surface area contributed by atoms with Crippen LogP contribution < -0.4 is 9.64 Å². The van der Waals surface area contributed by atoms with E-state index in [9.17, 15) is 9.59 Å². The summed E-state index contributed by atoms with van der Waals surface area (Å²) in [6, 6.07) is 15.3. The normalized spacial score (nSPS) is 18.4. The van der Waals surface area contributed by atoms with Crippen molar-refractivity contribution in [1.82, 2.24) is 4.90 Å². The predicted octanol–water partition coefficient (Wildman–Crippen LogP) is 4.02. The second-order valence-corrected chi connectivity index (χ2v) is 8.02. The van der Waals surface area contributed by atoms with E-state index >= 15 is 0 Å². The zero-order valence-electron chi connectivity index (χ0n) is 16.5. The Morgan fingerprint density at radius 2 is 1.75 bits per heavy atom. The first-order valence-electron chi connectivity index (χ1n) is 9.94. The molecule has 0 bridgehead atoms. The van der Waals surface area contributed by atoms with Crippen molar-refractivity contribution in [3.63, 3.8) is 0 Å². The lowest BCUT2D eigenvalue weighted by molar-refractivity contribution is -0.132. The molecule has 0 atom stereocenters. The van der Waals surface area contributed by atoms with Crippen LogP contribution in [0.1, 0.15) is 49.0 Å². The molecule has 2 heterocycles. The fourth-order valence-corrected chi connectivity index (χ4v) is 3.90. The summed E-state index contributed by atoms with van der Waals surface area (Å²) >= 11 is 0. The van der Waals surface area contributed by atoms with E-state index < -0.39 is 5.60 Å². The highest BCUT2D eigenvalue weighted by molar-refractivity contribution is 6.04. The van der Waals surface area contributed by atoms with Crippen LogP contribution in [0.15, 0.2) is 48.5 Å². The van der Waals surface area contributed by atoms with Gasteiger partial charge in [-0.25, -0.2) is 0 Å². The van der Waals surface area contributed by atoms with Crippen molar-refractivity contribution >= 4 is 17.5 Å². The summed E-state index contributed by atoms with van der Waals surface area (Å²) in [5.41, 5.74) is 1.36. The van der Waals surface area contributed by atoms with Crippen molar-refractivity contribution in [3.05, 3.63) is 59.7 Å². The lowest BCUT2D eigenvalue weighted by Gasteiger charge is -2.39. The molecule has 5 heteroatoms. The van der Waals surface area contributed by atoms with Crippen LogP contribution in [0.3, 0.4) is 0 Å². The minimum absolute atomic E-state index is 0.0273. The summed E-state index contributed by atoms with van der Waals surface area (Å²) in [7, 11) is 0. The highest BCUT2D eigenvalue weighted by Crippen LogP contribution is 2.39. The van der Waals surface area contributed by atoms with Crippen molar-refractivity contribution in [2.45, 2.75) is 45.3 Å². The first kappa shape index (κ1) is 18.5. The molecule has 0 saturated carbocycles. The molecule has 2 aliphatic rings. The van der Waals surface area contributed by atoms with E-state index in [2.05, 4.69) is 0 Å². The molecule has 2 amide bonds. The lowest BCUT2D eigenvalue weighted by Crippen LogP contribution is -2.52. The number of ether oxygens (including phenoxy) is 1. The summed E-state index contributed by atoms with van der Waals surface area (Å²) in [5.74, 6) is 0.557. The second-order valence-electron chi connectivity index (χ2n) is 8.02. The van der Waals surface area contributed by atoms with Gasteiger partial charge in [0, 0.05) is 18.7 Å². The van der Waals surface area contributed by atoms with E-state index in [1.807, 2.05) is 53.4 Å². The summed E-state index contributed by atoms with van der Waals surface area (Å²) in [6.45, 7) is 5.60. The summed E-state index contributed by atoms with van der Waals surface area (Å²) in [6.07, 6.45) is 3.27. The van der Waals surface area contributed by atoms with Crippen molar-refractivity contribution < 1.29 is 14.3 Å². The highest BCUT2D eigenvalue weighted by atomic mass is 16.5. The average molecular weight is 378 g/mol. The van der Waals surface area contributed by atoms with Crippen LogP contribution in [0.2, 0.25) is 0 Å². The van der Waals surface area contributed by atoms with Gasteiger partial charge >= 0.3 is 0 Å². The molecule has 0 radical (unpaired) electrons. The highest BCUT2D eigenvalue weighted by Gasteiger charge is 2.41.